The Hall–Kier alpha value is -3.29. The first-order valence-electron chi connectivity index (χ1n) is 13.1. The molecule has 16 heteroatoms. The van der Waals surface area contributed by atoms with Crippen LogP contribution in [-0.4, -0.2) is 134 Å². The number of carbonyl (C=O) groups is 1. The van der Waals surface area contributed by atoms with Gasteiger partial charge in [-0.05, 0) is 18.2 Å². The molecule has 2 aromatic rings. The molecule has 2 heterocycles. The zero-order chi connectivity index (χ0) is 31.4. The van der Waals surface area contributed by atoms with Crippen LogP contribution >= 0.6 is 0 Å². The minimum atomic E-state index is -1.74. The summed E-state index contributed by atoms with van der Waals surface area (Å²) in [5.41, 5.74) is -0.0489. The summed E-state index contributed by atoms with van der Waals surface area (Å²) in [5.74, 6) is -2.17. The number of ether oxygens (including phenoxy) is 6. The number of rotatable bonds is 10. The Bertz CT molecular complexity index is 1240. The highest BCUT2D eigenvalue weighted by molar-refractivity contribution is 5.94. The van der Waals surface area contributed by atoms with E-state index < -0.39 is 93.0 Å². The van der Waals surface area contributed by atoms with Crippen molar-refractivity contribution in [2.24, 2.45) is 0 Å². The molecule has 2 aliphatic rings. The number of carbonyl (C=O) groups excluding carboxylic acids is 1. The minimum Gasteiger partial charge on any atom is -0.504 e. The van der Waals surface area contributed by atoms with Crippen molar-refractivity contribution < 1.29 is 79.2 Å². The highest BCUT2D eigenvalue weighted by Crippen LogP contribution is 2.41. The lowest BCUT2D eigenvalue weighted by Crippen LogP contribution is -2.60. The van der Waals surface area contributed by atoms with Crippen LogP contribution in [0.1, 0.15) is 15.9 Å². The molecule has 2 fully saturated rings. The van der Waals surface area contributed by atoms with E-state index in [0.29, 0.717) is 5.56 Å². The molecule has 0 unspecified atom stereocenters. The van der Waals surface area contributed by atoms with E-state index in [0.717, 1.165) is 13.2 Å². The minimum absolute atomic E-state index is 0.0877. The van der Waals surface area contributed by atoms with E-state index in [1.807, 2.05) is 0 Å². The van der Waals surface area contributed by atoms with Crippen molar-refractivity contribution in [3.63, 3.8) is 0 Å². The van der Waals surface area contributed by atoms with Gasteiger partial charge in [0.15, 0.2) is 11.5 Å². The lowest BCUT2D eigenvalue weighted by molar-refractivity contribution is -0.277. The molecule has 0 aromatic heterocycles. The fraction of sp³-hybridized carbons (Fsp3) is 0.519. The third-order valence-electron chi connectivity index (χ3n) is 7.03. The molecule has 0 bridgehead atoms. The number of aliphatic hydroxyl groups is 8. The van der Waals surface area contributed by atoms with Crippen molar-refractivity contribution >= 4 is 5.97 Å². The smallest absolute Gasteiger partial charge is 0.342 e. The first-order chi connectivity index (χ1) is 20.5. The van der Waals surface area contributed by atoms with Gasteiger partial charge in [-0.3, -0.25) is 0 Å². The third-order valence-corrected chi connectivity index (χ3v) is 7.03. The number of phenols is 1. The maximum atomic E-state index is 12.9. The number of phenolic OH excluding ortho intramolecular Hbond substituents is 1. The Morgan fingerprint density at radius 1 is 0.744 bits per heavy atom. The molecule has 2 aromatic carbocycles. The van der Waals surface area contributed by atoms with Gasteiger partial charge in [-0.1, -0.05) is 18.2 Å². The van der Waals surface area contributed by atoms with Crippen LogP contribution < -0.4 is 14.2 Å². The number of para-hydroxylation sites is 1. The summed E-state index contributed by atoms with van der Waals surface area (Å²) in [5, 5.41) is 90.0. The summed E-state index contributed by atoms with van der Waals surface area (Å²) in [6.07, 6.45) is -15.5. The van der Waals surface area contributed by atoms with E-state index >= 15 is 0 Å². The topological polar surface area (TPSA) is 255 Å². The third kappa shape index (κ3) is 6.78. The average Bonchev–Trinajstić information content (AvgIpc) is 3.01. The number of benzene rings is 2. The van der Waals surface area contributed by atoms with Gasteiger partial charge < -0.3 is 74.4 Å². The molecule has 4 rings (SSSR count). The molecule has 2 aliphatic heterocycles. The summed E-state index contributed by atoms with van der Waals surface area (Å²) < 4.78 is 32.3. The van der Waals surface area contributed by atoms with Gasteiger partial charge >= 0.3 is 5.97 Å². The first-order valence-corrected chi connectivity index (χ1v) is 13.1. The maximum absolute atomic E-state index is 12.9. The van der Waals surface area contributed by atoms with Crippen molar-refractivity contribution in [3.8, 4) is 23.0 Å². The van der Waals surface area contributed by atoms with Crippen LogP contribution in [0.4, 0.5) is 0 Å². The summed E-state index contributed by atoms with van der Waals surface area (Å²) in [6, 6.07) is 8.52. The second-order valence-electron chi connectivity index (χ2n) is 9.81. The lowest BCUT2D eigenvalue weighted by atomic mass is 9.99. The van der Waals surface area contributed by atoms with Gasteiger partial charge in [0.2, 0.25) is 18.3 Å². The second-order valence-corrected chi connectivity index (χ2v) is 9.81. The molecule has 0 radical (unpaired) electrons. The quantitative estimate of drug-likeness (QED) is 0.122. The van der Waals surface area contributed by atoms with Crippen molar-refractivity contribution in [1.29, 1.82) is 0 Å². The lowest BCUT2D eigenvalue weighted by Gasteiger charge is -2.39. The predicted octanol–water partition coefficient (Wildman–Crippen LogP) is -2.88. The van der Waals surface area contributed by atoms with E-state index in [9.17, 15) is 50.8 Å². The first kappa shape index (κ1) is 32.6. The number of methoxy groups -OCH3 is 1. The standard InChI is InChI=1S/C27H34O16/c1-38-24-14(41-27-23(36)21(34)19(32)16(9-29)43-27)7-6-12(17(24)30)25(37)39-10-11-4-2-3-5-13(11)40-26-22(35)20(33)18(31)15(8-28)42-26/h2-7,15-16,18-23,26-36H,8-10H2,1H3/t15-,16-,18-,19-,20+,21+,22-,23-,26-,27-/m1/s1. The monoisotopic (exact) mass is 614 g/mol. The van der Waals surface area contributed by atoms with E-state index in [2.05, 4.69) is 0 Å². The summed E-state index contributed by atoms with van der Waals surface area (Å²) in [7, 11) is 1.16. The van der Waals surface area contributed by atoms with Crippen molar-refractivity contribution in [1.82, 2.24) is 0 Å². The van der Waals surface area contributed by atoms with Gasteiger partial charge in [0.05, 0.1) is 20.3 Å². The van der Waals surface area contributed by atoms with Crippen LogP contribution in [0.25, 0.3) is 0 Å². The largest absolute Gasteiger partial charge is 0.504 e. The maximum Gasteiger partial charge on any atom is 0.342 e. The Morgan fingerprint density at radius 2 is 1.28 bits per heavy atom. The number of aliphatic hydroxyl groups excluding tert-OH is 8. The summed E-state index contributed by atoms with van der Waals surface area (Å²) in [4.78, 5) is 12.9. The Balaban J connectivity index is 1.46. The molecular weight excluding hydrogens is 580 g/mol. The predicted molar refractivity (Wildman–Crippen MR) is 139 cm³/mol. The number of aromatic hydroxyl groups is 1. The molecule has 238 valence electrons. The van der Waals surface area contributed by atoms with Gasteiger partial charge in [-0.2, -0.15) is 0 Å². The molecule has 16 nitrogen and oxygen atoms in total. The van der Waals surface area contributed by atoms with Crippen LogP contribution in [0, 0.1) is 0 Å². The Morgan fingerprint density at radius 3 is 1.81 bits per heavy atom. The Labute approximate surface area is 244 Å². The molecule has 2 saturated heterocycles. The zero-order valence-electron chi connectivity index (χ0n) is 22.7. The van der Waals surface area contributed by atoms with Gasteiger partial charge in [-0.15, -0.1) is 0 Å². The molecular formula is C27H34O16. The fourth-order valence-electron chi connectivity index (χ4n) is 4.55. The van der Waals surface area contributed by atoms with Gasteiger partial charge in [0.25, 0.3) is 0 Å². The van der Waals surface area contributed by atoms with Crippen LogP contribution in [0.15, 0.2) is 36.4 Å². The van der Waals surface area contributed by atoms with Gasteiger partial charge in [0.1, 0.15) is 66.8 Å². The van der Waals surface area contributed by atoms with Crippen molar-refractivity contribution in [3.05, 3.63) is 47.5 Å². The molecule has 10 atom stereocenters. The molecule has 0 spiro atoms. The fourth-order valence-corrected chi connectivity index (χ4v) is 4.55. The van der Waals surface area contributed by atoms with E-state index in [1.54, 1.807) is 12.1 Å². The molecule has 0 aliphatic carbocycles. The summed E-state index contributed by atoms with van der Waals surface area (Å²) >= 11 is 0. The molecule has 0 saturated carbocycles. The van der Waals surface area contributed by atoms with Crippen LogP contribution in [0.5, 0.6) is 23.0 Å². The van der Waals surface area contributed by atoms with E-state index in [-0.39, 0.29) is 22.8 Å². The normalized spacial score (nSPS) is 32.6. The molecule has 43 heavy (non-hydrogen) atoms. The highest BCUT2D eigenvalue weighted by atomic mass is 16.7. The van der Waals surface area contributed by atoms with Crippen molar-refractivity contribution in [2.75, 3.05) is 20.3 Å². The molecule has 9 N–H and O–H groups in total. The molecule has 0 amide bonds. The second kappa shape index (κ2) is 14.0. The van der Waals surface area contributed by atoms with Crippen LogP contribution in [0.2, 0.25) is 0 Å². The number of hydrogen-bond acceptors (Lipinski definition) is 16. The van der Waals surface area contributed by atoms with Crippen LogP contribution in [-0.2, 0) is 20.8 Å². The average molecular weight is 615 g/mol. The number of hydrogen-bond donors (Lipinski definition) is 9. The summed E-state index contributed by atoms with van der Waals surface area (Å²) in [6.45, 7) is -1.73. The zero-order valence-corrected chi connectivity index (χ0v) is 22.7. The van der Waals surface area contributed by atoms with Gasteiger partial charge in [0, 0.05) is 5.56 Å². The van der Waals surface area contributed by atoms with E-state index in [1.165, 1.54) is 18.2 Å². The highest BCUT2D eigenvalue weighted by Gasteiger charge is 2.46. The van der Waals surface area contributed by atoms with Crippen LogP contribution in [0.3, 0.4) is 0 Å². The Kier molecular flexibility index (Phi) is 10.6. The SMILES string of the molecule is COc1c(O[C@@H]2O[C@H](CO)[C@@H](O)[C@H](O)[C@H]2O)ccc(C(=O)OCc2ccccc2O[C@@H]2O[C@H](CO)[C@@H](O)[C@H](O)[C@H]2O)c1O. The van der Waals surface area contributed by atoms with Gasteiger partial charge in [-0.25, -0.2) is 4.79 Å². The van der Waals surface area contributed by atoms with Crippen molar-refractivity contribution in [2.45, 2.75) is 68.0 Å². The van der Waals surface area contributed by atoms with E-state index in [4.69, 9.17) is 28.4 Å². The number of esters is 1.